The van der Waals surface area contributed by atoms with Gasteiger partial charge in [0.05, 0.1) is 39.0 Å². The number of alkyl carbamates (subject to hydrolysis) is 1. The smallest absolute Gasteiger partial charge is 0.407 e. The standard InChI is InChI=1S/C27H36BN3O10S/c1-37-18-6-7-23-21(13-18)38-11-4-2-3-10-31-17(5-8-24(31)33)14-30(42(23,35)36)15-20(32)25(28)29-27(34)41-22-16-40-26-19(22)9-12-39-26/h2-3,6-7,13,17,19-20,22,25-26,32H,4-5,8-12,14-16H2,1H3,(H,29,34)/b3-2-/t17-,19?,20-,22+,25-,26-/m1/s1. The molecule has 4 heterocycles. The Morgan fingerprint density at radius 1 is 1.24 bits per heavy atom. The van der Waals surface area contributed by atoms with Crippen molar-refractivity contribution in [2.24, 2.45) is 5.92 Å². The third-order valence-corrected chi connectivity index (χ3v) is 9.85. The Morgan fingerprint density at radius 3 is 2.88 bits per heavy atom. The predicted molar refractivity (Wildman–Crippen MR) is 148 cm³/mol. The molecule has 0 aromatic heterocycles. The Morgan fingerprint density at radius 2 is 2.07 bits per heavy atom. The van der Waals surface area contributed by atoms with Crippen LogP contribution >= 0.6 is 0 Å². The normalized spacial score (nSPS) is 29.9. The van der Waals surface area contributed by atoms with Crippen LogP contribution < -0.4 is 14.8 Å². The maximum absolute atomic E-state index is 14.1. The largest absolute Gasteiger partial charge is 0.497 e. The summed E-state index contributed by atoms with van der Waals surface area (Å²) in [6.45, 7) is 0.665. The molecule has 13 nitrogen and oxygen atoms in total. The fourth-order valence-corrected chi connectivity index (χ4v) is 7.24. The van der Waals surface area contributed by atoms with Crippen LogP contribution in [0.1, 0.15) is 25.7 Å². The average Bonchev–Trinajstić information content (AvgIpc) is 3.67. The molecule has 4 aliphatic heterocycles. The van der Waals surface area contributed by atoms with Gasteiger partial charge in [-0.15, -0.1) is 0 Å². The average molecular weight is 605 g/mol. The van der Waals surface area contributed by atoms with Crippen molar-refractivity contribution in [1.82, 2.24) is 14.5 Å². The van der Waals surface area contributed by atoms with Gasteiger partial charge in [0, 0.05) is 44.1 Å². The zero-order valence-corrected chi connectivity index (χ0v) is 24.2. The first kappa shape index (κ1) is 30.6. The van der Waals surface area contributed by atoms with E-state index in [1.54, 1.807) is 4.90 Å². The highest BCUT2D eigenvalue weighted by molar-refractivity contribution is 7.89. The molecule has 2 radical (unpaired) electrons. The molecule has 2 N–H and O–H groups in total. The van der Waals surface area contributed by atoms with Gasteiger partial charge in [0.2, 0.25) is 15.9 Å². The number of fused-ring (bicyclic) bond motifs is 3. The molecule has 1 unspecified atom stereocenters. The number of nitrogens with zero attached hydrogens (tertiary/aromatic N) is 2. The minimum absolute atomic E-state index is 0.0780. The first-order valence-corrected chi connectivity index (χ1v) is 15.5. The molecule has 228 valence electrons. The quantitative estimate of drug-likeness (QED) is 0.343. The summed E-state index contributed by atoms with van der Waals surface area (Å²) in [6.07, 6.45) is 2.38. The number of β-amino-alcohol motifs (C(OH)–C–C–N with tert-alkyl or cyclic N) is 1. The molecule has 6 atom stereocenters. The van der Waals surface area contributed by atoms with Crippen LogP contribution in [0.25, 0.3) is 0 Å². The Labute approximate surface area is 246 Å². The number of rotatable bonds is 6. The first-order valence-electron chi connectivity index (χ1n) is 14.1. The zero-order chi connectivity index (χ0) is 29.9. The highest BCUT2D eigenvalue weighted by atomic mass is 32.2. The van der Waals surface area contributed by atoms with Crippen molar-refractivity contribution in [3.63, 3.8) is 0 Å². The lowest BCUT2D eigenvalue weighted by atomic mass is 9.91. The van der Waals surface area contributed by atoms with Gasteiger partial charge in [-0.1, -0.05) is 12.2 Å². The van der Waals surface area contributed by atoms with Gasteiger partial charge >= 0.3 is 6.09 Å². The number of hydrogen-bond acceptors (Lipinski definition) is 10. The lowest BCUT2D eigenvalue weighted by Gasteiger charge is -2.33. The summed E-state index contributed by atoms with van der Waals surface area (Å²) in [7, 11) is 3.28. The molecule has 1 aromatic rings. The van der Waals surface area contributed by atoms with E-state index in [9.17, 15) is 23.1 Å². The number of methoxy groups -OCH3 is 1. The number of sulfonamides is 1. The maximum atomic E-state index is 14.1. The number of amides is 2. The summed E-state index contributed by atoms with van der Waals surface area (Å²) in [5, 5.41) is 13.4. The van der Waals surface area contributed by atoms with E-state index in [-0.39, 0.29) is 48.6 Å². The molecule has 4 aliphatic rings. The van der Waals surface area contributed by atoms with Gasteiger partial charge in [-0.2, -0.15) is 4.31 Å². The molecule has 2 amide bonds. The topological polar surface area (TPSA) is 153 Å². The van der Waals surface area contributed by atoms with Crippen LogP contribution in [0.3, 0.4) is 0 Å². The summed E-state index contributed by atoms with van der Waals surface area (Å²) in [5.74, 6) is -1.01. The van der Waals surface area contributed by atoms with Gasteiger partial charge in [0.15, 0.2) is 6.29 Å². The first-order chi connectivity index (χ1) is 20.2. The molecule has 0 bridgehead atoms. The van der Waals surface area contributed by atoms with Crippen LogP contribution in [0.4, 0.5) is 4.79 Å². The maximum Gasteiger partial charge on any atom is 0.407 e. The van der Waals surface area contributed by atoms with Crippen LogP contribution in [0.5, 0.6) is 11.5 Å². The van der Waals surface area contributed by atoms with E-state index < -0.39 is 53.1 Å². The van der Waals surface area contributed by atoms with Crippen LogP contribution in [0.15, 0.2) is 35.2 Å². The molecule has 5 rings (SSSR count). The van der Waals surface area contributed by atoms with E-state index in [0.29, 0.717) is 38.2 Å². The summed E-state index contributed by atoms with van der Waals surface area (Å²) in [4.78, 5) is 26.7. The summed E-state index contributed by atoms with van der Waals surface area (Å²) in [5.41, 5.74) is 0. The van der Waals surface area contributed by atoms with Crippen LogP contribution in [0.2, 0.25) is 0 Å². The Kier molecular flexibility index (Phi) is 9.62. The van der Waals surface area contributed by atoms with Gasteiger partial charge < -0.3 is 39.0 Å². The molecule has 42 heavy (non-hydrogen) atoms. The van der Waals surface area contributed by atoms with Crippen LogP contribution in [-0.4, -0.2) is 120 Å². The van der Waals surface area contributed by atoms with Crippen LogP contribution in [0, 0.1) is 5.92 Å². The molecule has 3 saturated heterocycles. The number of nitrogens with one attached hydrogen (secondary N) is 1. The van der Waals surface area contributed by atoms with Gasteiger partial charge in [-0.05, 0) is 31.4 Å². The van der Waals surface area contributed by atoms with Crippen molar-refractivity contribution in [2.75, 3.05) is 46.6 Å². The molecule has 0 spiro atoms. The lowest BCUT2D eigenvalue weighted by molar-refractivity contribution is -0.128. The zero-order valence-electron chi connectivity index (χ0n) is 23.4. The van der Waals surface area contributed by atoms with E-state index in [1.807, 2.05) is 12.2 Å². The van der Waals surface area contributed by atoms with E-state index in [2.05, 4.69) is 5.32 Å². The molecule has 1 aromatic carbocycles. The molecular formula is C27H36BN3O10S. The van der Waals surface area contributed by atoms with Crippen molar-refractivity contribution < 1.29 is 46.8 Å². The third-order valence-electron chi connectivity index (χ3n) is 7.98. The SMILES string of the molecule is [B][C@H](NC(=O)O[C@H]1CO[C@H]2OCCC21)[C@H](O)CN1C[C@H]2CCC(=O)N2C/C=C\CCOc2cc(OC)ccc2S1(=O)=O. The predicted octanol–water partition coefficient (Wildman–Crippen LogP) is 0.359. The van der Waals surface area contributed by atoms with Crippen molar-refractivity contribution in [3.05, 3.63) is 30.4 Å². The van der Waals surface area contributed by atoms with Crippen molar-refractivity contribution in [3.8, 4) is 11.5 Å². The van der Waals surface area contributed by atoms with Gasteiger partial charge in [0.1, 0.15) is 30.3 Å². The van der Waals surface area contributed by atoms with E-state index in [4.69, 9.17) is 31.5 Å². The second-order valence-corrected chi connectivity index (χ2v) is 12.6. The molecule has 3 fully saturated rings. The fourth-order valence-electron chi connectivity index (χ4n) is 5.64. The van der Waals surface area contributed by atoms with E-state index >= 15 is 0 Å². The van der Waals surface area contributed by atoms with Crippen molar-refractivity contribution >= 4 is 29.9 Å². The number of ether oxygens (including phenoxy) is 5. The minimum Gasteiger partial charge on any atom is -0.497 e. The Balaban J connectivity index is 1.35. The molecule has 15 heteroatoms. The summed E-state index contributed by atoms with van der Waals surface area (Å²) < 4.78 is 56.8. The number of aliphatic hydroxyl groups is 1. The molecule has 0 saturated carbocycles. The van der Waals surface area contributed by atoms with E-state index in [1.165, 1.54) is 25.3 Å². The van der Waals surface area contributed by atoms with Gasteiger partial charge in [0.25, 0.3) is 0 Å². The van der Waals surface area contributed by atoms with Gasteiger partial charge in [-0.3, -0.25) is 4.79 Å². The van der Waals surface area contributed by atoms with Crippen LogP contribution in [-0.2, 0) is 29.0 Å². The molecule has 0 aliphatic carbocycles. The van der Waals surface area contributed by atoms with Crippen molar-refractivity contribution in [2.45, 2.75) is 61.1 Å². The summed E-state index contributed by atoms with van der Waals surface area (Å²) >= 11 is 0. The Hall–Kier alpha value is -2.85. The number of aliphatic hydroxyl groups excluding tert-OH is 1. The van der Waals surface area contributed by atoms with E-state index in [0.717, 1.165) is 4.31 Å². The fraction of sp³-hybridized carbons (Fsp3) is 0.630. The molecular weight excluding hydrogens is 569 g/mol. The monoisotopic (exact) mass is 605 g/mol. The number of hydrogen-bond donors (Lipinski definition) is 2. The van der Waals surface area contributed by atoms with Gasteiger partial charge in [-0.25, -0.2) is 13.2 Å². The second-order valence-electron chi connectivity index (χ2n) is 10.7. The highest BCUT2D eigenvalue weighted by Gasteiger charge is 2.44. The second kappa shape index (κ2) is 13.2. The minimum atomic E-state index is -4.28. The Bertz CT molecular complexity index is 1280. The summed E-state index contributed by atoms with van der Waals surface area (Å²) in [6, 6.07) is 3.96. The highest BCUT2D eigenvalue weighted by Crippen LogP contribution is 2.34. The third kappa shape index (κ3) is 6.70. The lowest BCUT2D eigenvalue weighted by Crippen LogP contribution is -2.52. The number of carbonyl (C=O) groups is 2. The number of carbonyl (C=O) groups excluding carboxylic acids is 2. The van der Waals surface area contributed by atoms with Crippen molar-refractivity contribution in [1.29, 1.82) is 0 Å². The number of benzene rings is 1.